The van der Waals surface area contributed by atoms with Crippen molar-refractivity contribution in [3.8, 4) is 5.13 Å². The highest BCUT2D eigenvalue weighted by Gasteiger charge is 2.18. The molecule has 0 saturated carbocycles. The SMILES string of the molecule is Cc1cc(C)n(-c2nc(C)c(C(=O)NC(C)C)s2)n1. The molecule has 0 bridgehead atoms. The van der Waals surface area contributed by atoms with Gasteiger partial charge in [0.1, 0.15) is 4.88 Å². The molecule has 0 fully saturated rings. The predicted octanol–water partition coefficient (Wildman–Crippen LogP) is 2.39. The zero-order valence-corrected chi connectivity index (χ0v) is 12.6. The Bertz CT molecular complexity index is 612. The van der Waals surface area contributed by atoms with Gasteiger partial charge in [0.05, 0.1) is 11.4 Å². The van der Waals surface area contributed by atoms with Crippen LogP contribution >= 0.6 is 11.3 Å². The third-order valence-corrected chi connectivity index (χ3v) is 3.73. The van der Waals surface area contributed by atoms with Gasteiger partial charge in [0.25, 0.3) is 5.91 Å². The first-order valence-electron chi connectivity index (χ1n) is 6.20. The van der Waals surface area contributed by atoms with Crippen molar-refractivity contribution in [1.82, 2.24) is 20.1 Å². The van der Waals surface area contributed by atoms with Crippen LogP contribution in [0, 0.1) is 20.8 Å². The molecule has 2 heterocycles. The van der Waals surface area contributed by atoms with Crippen molar-refractivity contribution < 1.29 is 4.79 Å². The molecule has 102 valence electrons. The summed E-state index contributed by atoms with van der Waals surface area (Å²) in [7, 11) is 0. The molecule has 2 aromatic rings. The van der Waals surface area contributed by atoms with Gasteiger partial charge in [0, 0.05) is 11.7 Å². The molecule has 2 rings (SSSR count). The van der Waals surface area contributed by atoms with Crippen molar-refractivity contribution in [3.63, 3.8) is 0 Å². The zero-order valence-electron chi connectivity index (χ0n) is 11.8. The molecule has 0 atom stereocenters. The topological polar surface area (TPSA) is 59.8 Å². The molecule has 0 aliphatic rings. The Morgan fingerprint density at radius 2 is 2.05 bits per heavy atom. The molecule has 1 N–H and O–H groups in total. The molecular formula is C13H18N4OS. The van der Waals surface area contributed by atoms with Crippen LogP contribution < -0.4 is 5.32 Å². The number of aromatic nitrogens is 3. The smallest absolute Gasteiger partial charge is 0.263 e. The Hall–Kier alpha value is -1.69. The van der Waals surface area contributed by atoms with E-state index >= 15 is 0 Å². The lowest BCUT2D eigenvalue weighted by Crippen LogP contribution is -2.29. The Balaban J connectivity index is 2.36. The van der Waals surface area contributed by atoms with E-state index in [2.05, 4.69) is 15.4 Å². The number of aryl methyl sites for hydroxylation is 3. The monoisotopic (exact) mass is 278 g/mol. The van der Waals surface area contributed by atoms with E-state index in [-0.39, 0.29) is 11.9 Å². The molecule has 0 unspecified atom stereocenters. The van der Waals surface area contributed by atoms with Crippen LogP contribution in [0.3, 0.4) is 0 Å². The van der Waals surface area contributed by atoms with Crippen molar-refractivity contribution in [1.29, 1.82) is 0 Å². The predicted molar refractivity (Wildman–Crippen MR) is 76.0 cm³/mol. The molecule has 1 amide bonds. The standard InChI is InChI=1S/C13H18N4OS/c1-7(2)14-12(18)11-10(5)15-13(19-11)17-9(4)6-8(3)16-17/h6-7H,1-5H3,(H,14,18). The Kier molecular flexibility index (Phi) is 3.71. The van der Waals surface area contributed by atoms with Crippen LogP contribution in [0.4, 0.5) is 0 Å². The number of amides is 1. The van der Waals surface area contributed by atoms with E-state index in [4.69, 9.17) is 0 Å². The van der Waals surface area contributed by atoms with E-state index in [0.717, 1.165) is 22.2 Å². The first-order chi connectivity index (χ1) is 8.88. The number of thiazole rings is 1. The van der Waals surface area contributed by atoms with Gasteiger partial charge in [-0.3, -0.25) is 4.79 Å². The van der Waals surface area contributed by atoms with Gasteiger partial charge >= 0.3 is 0 Å². The van der Waals surface area contributed by atoms with Crippen LogP contribution in [0.25, 0.3) is 5.13 Å². The Morgan fingerprint density at radius 1 is 1.37 bits per heavy atom. The lowest BCUT2D eigenvalue weighted by atomic mass is 10.3. The summed E-state index contributed by atoms with van der Waals surface area (Å²) in [6.07, 6.45) is 0. The second kappa shape index (κ2) is 5.13. The van der Waals surface area contributed by atoms with E-state index < -0.39 is 0 Å². The summed E-state index contributed by atoms with van der Waals surface area (Å²) >= 11 is 1.37. The van der Waals surface area contributed by atoms with Gasteiger partial charge in [0.2, 0.25) is 5.13 Å². The minimum absolute atomic E-state index is 0.0715. The zero-order chi connectivity index (χ0) is 14.2. The largest absolute Gasteiger partial charge is 0.349 e. The first kappa shape index (κ1) is 13.7. The van der Waals surface area contributed by atoms with E-state index in [0.29, 0.717) is 4.88 Å². The van der Waals surface area contributed by atoms with Crippen LogP contribution in [0.15, 0.2) is 6.07 Å². The maximum absolute atomic E-state index is 12.0. The average Bonchev–Trinajstić information content (AvgIpc) is 2.80. The van der Waals surface area contributed by atoms with Crippen molar-refractivity contribution in [2.45, 2.75) is 40.7 Å². The van der Waals surface area contributed by atoms with Gasteiger partial charge < -0.3 is 5.32 Å². The molecule has 0 spiro atoms. The summed E-state index contributed by atoms with van der Waals surface area (Å²) in [5.41, 5.74) is 2.70. The fourth-order valence-corrected chi connectivity index (χ4v) is 2.82. The highest BCUT2D eigenvalue weighted by molar-refractivity contribution is 7.16. The second-order valence-corrected chi connectivity index (χ2v) is 5.86. The molecule has 0 saturated heterocycles. The van der Waals surface area contributed by atoms with Crippen LogP contribution in [0.1, 0.15) is 40.6 Å². The first-order valence-corrected chi connectivity index (χ1v) is 7.02. The Labute approximate surface area is 116 Å². The molecule has 0 aliphatic heterocycles. The number of rotatable bonds is 3. The van der Waals surface area contributed by atoms with Gasteiger partial charge in [0.15, 0.2) is 0 Å². The number of carbonyl (C=O) groups excluding carboxylic acids is 1. The summed E-state index contributed by atoms with van der Waals surface area (Å²) in [5, 5.41) is 8.01. The number of hydrogen-bond donors (Lipinski definition) is 1. The minimum Gasteiger partial charge on any atom is -0.349 e. The molecule has 2 aromatic heterocycles. The van der Waals surface area contributed by atoms with Crippen LogP contribution in [-0.4, -0.2) is 26.7 Å². The van der Waals surface area contributed by atoms with Gasteiger partial charge in [-0.15, -0.1) is 0 Å². The van der Waals surface area contributed by atoms with Crippen molar-refractivity contribution in [2.24, 2.45) is 0 Å². The fraction of sp³-hybridized carbons (Fsp3) is 0.462. The van der Waals surface area contributed by atoms with E-state index in [1.165, 1.54) is 11.3 Å². The highest BCUT2D eigenvalue weighted by Crippen LogP contribution is 2.22. The van der Waals surface area contributed by atoms with Crippen molar-refractivity contribution in [2.75, 3.05) is 0 Å². The van der Waals surface area contributed by atoms with Gasteiger partial charge in [-0.25, -0.2) is 9.67 Å². The van der Waals surface area contributed by atoms with Gasteiger partial charge in [-0.05, 0) is 40.7 Å². The maximum atomic E-state index is 12.0. The summed E-state index contributed by atoms with van der Waals surface area (Å²) in [6, 6.07) is 2.11. The molecular weight excluding hydrogens is 260 g/mol. The molecule has 5 nitrogen and oxygen atoms in total. The van der Waals surface area contributed by atoms with E-state index in [1.807, 2.05) is 40.7 Å². The van der Waals surface area contributed by atoms with E-state index in [9.17, 15) is 4.79 Å². The molecule has 0 aromatic carbocycles. The fourth-order valence-electron chi connectivity index (χ4n) is 1.83. The second-order valence-electron chi connectivity index (χ2n) is 4.88. The normalized spacial score (nSPS) is 11.1. The third kappa shape index (κ3) is 2.84. The summed E-state index contributed by atoms with van der Waals surface area (Å²) in [5.74, 6) is -0.0715. The number of hydrogen-bond acceptors (Lipinski definition) is 4. The molecule has 6 heteroatoms. The van der Waals surface area contributed by atoms with Gasteiger partial charge in [-0.1, -0.05) is 11.3 Å². The summed E-state index contributed by atoms with van der Waals surface area (Å²) < 4.78 is 1.78. The third-order valence-electron chi connectivity index (χ3n) is 2.60. The quantitative estimate of drug-likeness (QED) is 0.937. The lowest BCUT2D eigenvalue weighted by Gasteiger charge is -2.06. The van der Waals surface area contributed by atoms with Crippen LogP contribution in [0.2, 0.25) is 0 Å². The minimum atomic E-state index is -0.0715. The highest BCUT2D eigenvalue weighted by atomic mass is 32.1. The molecule has 0 radical (unpaired) electrons. The van der Waals surface area contributed by atoms with E-state index in [1.54, 1.807) is 4.68 Å². The molecule has 0 aliphatic carbocycles. The number of nitrogens with zero attached hydrogens (tertiary/aromatic N) is 3. The number of nitrogens with one attached hydrogen (secondary N) is 1. The Morgan fingerprint density at radius 3 is 2.58 bits per heavy atom. The summed E-state index contributed by atoms with van der Waals surface area (Å²) in [4.78, 5) is 17.1. The number of carbonyl (C=O) groups is 1. The van der Waals surface area contributed by atoms with Gasteiger partial charge in [-0.2, -0.15) is 5.10 Å². The van der Waals surface area contributed by atoms with Crippen molar-refractivity contribution in [3.05, 3.63) is 28.0 Å². The molecule has 19 heavy (non-hydrogen) atoms. The van der Waals surface area contributed by atoms with Crippen LogP contribution in [0.5, 0.6) is 0 Å². The average molecular weight is 278 g/mol. The maximum Gasteiger partial charge on any atom is 0.263 e. The summed E-state index contributed by atoms with van der Waals surface area (Å²) in [6.45, 7) is 9.65. The van der Waals surface area contributed by atoms with Crippen LogP contribution in [-0.2, 0) is 0 Å². The van der Waals surface area contributed by atoms with Crippen molar-refractivity contribution >= 4 is 17.2 Å². The lowest BCUT2D eigenvalue weighted by molar-refractivity contribution is 0.0946.